The van der Waals surface area contributed by atoms with Gasteiger partial charge in [0, 0.05) is 6.42 Å². The number of aliphatic hydroxyl groups is 1. The summed E-state index contributed by atoms with van der Waals surface area (Å²) in [6.45, 7) is 2.16. The van der Waals surface area contributed by atoms with Gasteiger partial charge in [-0.15, -0.1) is 0 Å². The molecule has 3 nitrogen and oxygen atoms in total. The molecule has 0 radical (unpaired) electrons. The van der Waals surface area contributed by atoms with E-state index in [4.69, 9.17) is 5.11 Å². The number of allylic oxidation sites excluding steroid dienone is 2. The van der Waals surface area contributed by atoms with Gasteiger partial charge in [0.25, 0.3) is 0 Å². The minimum atomic E-state index is -0.764. The molecular weight excluding hydrogens is 336 g/mol. The molecule has 0 fully saturated rings. The van der Waals surface area contributed by atoms with Gasteiger partial charge in [0.2, 0.25) is 0 Å². The number of hydrogen-bond donors (Lipinski definition) is 2. The molecule has 2 N–H and O–H groups in total. The molecule has 0 heterocycles. The lowest BCUT2D eigenvalue weighted by atomic mass is 9.98. The standard InChI is InChI=1S/C24H28O3/c1-2-3-5-9-19-14-16-21(17-15-19)24(27)22-12-8-11-20(18-22)10-6-4-7-13-23(25)26/h5-6,8-12,14-18,24,27H,2-4,7,13H2,1H3,(H,25,26). The summed E-state index contributed by atoms with van der Waals surface area (Å²) in [6, 6.07) is 15.8. The van der Waals surface area contributed by atoms with E-state index in [0.29, 0.717) is 6.42 Å². The predicted molar refractivity (Wildman–Crippen MR) is 111 cm³/mol. The van der Waals surface area contributed by atoms with Crippen molar-refractivity contribution in [3.05, 3.63) is 82.9 Å². The highest BCUT2D eigenvalue weighted by Crippen LogP contribution is 2.24. The summed E-state index contributed by atoms with van der Waals surface area (Å²) < 4.78 is 0. The van der Waals surface area contributed by atoms with E-state index in [9.17, 15) is 9.90 Å². The Kier molecular flexibility index (Phi) is 8.53. The van der Waals surface area contributed by atoms with Crippen LogP contribution >= 0.6 is 0 Å². The zero-order chi connectivity index (χ0) is 19.5. The van der Waals surface area contributed by atoms with Crippen molar-refractivity contribution in [2.45, 2.75) is 45.1 Å². The van der Waals surface area contributed by atoms with Crippen molar-refractivity contribution in [3.8, 4) is 0 Å². The zero-order valence-electron chi connectivity index (χ0n) is 15.8. The maximum absolute atomic E-state index is 10.7. The summed E-state index contributed by atoms with van der Waals surface area (Å²) >= 11 is 0. The van der Waals surface area contributed by atoms with E-state index in [2.05, 4.69) is 19.1 Å². The van der Waals surface area contributed by atoms with Gasteiger partial charge in [0.05, 0.1) is 0 Å². The predicted octanol–water partition coefficient (Wildman–Crippen LogP) is 5.85. The third-order valence-corrected chi connectivity index (χ3v) is 4.32. The first-order valence-corrected chi connectivity index (χ1v) is 9.53. The number of carboxylic acids is 1. The number of carbonyl (C=O) groups is 1. The van der Waals surface area contributed by atoms with Crippen LogP contribution < -0.4 is 0 Å². The number of rotatable bonds is 10. The fourth-order valence-electron chi connectivity index (χ4n) is 2.79. The van der Waals surface area contributed by atoms with Crippen molar-refractivity contribution in [3.63, 3.8) is 0 Å². The second kappa shape index (κ2) is 11.1. The topological polar surface area (TPSA) is 57.5 Å². The van der Waals surface area contributed by atoms with Gasteiger partial charge in [-0.3, -0.25) is 4.79 Å². The molecular formula is C24H28O3. The smallest absolute Gasteiger partial charge is 0.303 e. The van der Waals surface area contributed by atoms with Crippen LogP contribution in [0.4, 0.5) is 0 Å². The molecule has 0 aromatic heterocycles. The molecule has 0 aliphatic heterocycles. The zero-order valence-corrected chi connectivity index (χ0v) is 15.8. The van der Waals surface area contributed by atoms with E-state index in [1.54, 1.807) is 0 Å². The SMILES string of the molecule is CCCC=Cc1ccc(C(O)c2cccc(C=CCCCC(=O)O)c2)cc1. The average Bonchev–Trinajstić information content (AvgIpc) is 2.68. The lowest BCUT2D eigenvalue weighted by Gasteiger charge is -2.12. The van der Waals surface area contributed by atoms with Crippen LogP contribution in [0, 0.1) is 0 Å². The van der Waals surface area contributed by atoms with Crippen LogP contribution in [0.15, 0.2) is 60.7 Å². The minimum Gasteiger partial charge on any atom is -0.481 e. The van der Waals surface area contributed by atoms with E-state index in [1.165, 1.54) is 0 Å². The average molecular weight is 364 g/mol. The summed E-state index contributed by atoms with van der Waals surface area (Å²) in [6.07, 6.45) is 11.3. The molecule has 142 valence electrons. The van der Waals surface area contributed by atoms with Crippen molar-refractivity contribution in [1.82, 2.24) is 0 Å². The highest BCUT2D eigenvalue weighted by Gasteiger charge is 2.10. The molecule has 3 heteroatoms. The molecule has 0 amide bonds. The fraction of sp³-hybridized carbons (Fsp3) is 0.292. The molecule has 27 heavy (non-hydrogen) atoms. The number of benzene rings is 2. The summed E-state index contributed by atoms with van der Waals surface area (Å²) in [4.78, 5) is 10.5. The van der Waals surface area contributed by atoms with E-state index >= 15 is 0 Å². The molecule has 0 saturated heterocycles. The highest BCUT2D eigenvalue weighted by molar-refractivity contribution is 5.66. The monoisotopic (exact) mass is 364 g/mol. The maximum Gasteiger partial charge on any atom is 0.303 e. The number of unbranched alkanes of at least 4 members (excludes halogenated alkanes) is 2. The van der Waals surface area contributed by atoms with Crippen molar-refractivity contribution < 1.29 is 15.0 Å². The third kappa shape index (κ3) is 7.24. The second-order valence-corrected chi connectivity index (χ2v) is 6.62. The minimum absolute atomic E-state index is 0.187. The van der Waals surface area contributed by atoms with E-state index < -0.39 is 12.1 Å². The van der Waals surface area contributed by atoms with Gasteiger partial charge < -0.3 is 10.2 Å². The second-order valence-electron chi connectivity index (χ2n) is 6.62. The van der Waals surface area contributed by atoms with Crippen LogP contribution in [0.3, 0.4) is 0 Å². The van der Waals surface area contributed by atoms with E-state index in [1.807, 2.05) is 60.7 Å². The first-order valence-electron chi connectivity index (χ1n) is 9.53. The normalized spacial score (nSPS) is 12.7. The molecule has 2 aromatic carbocycles. The molecule has 0 spiro atoms. The summed E-state index contributed by atoms with van der Waals surface area (Å²) in [7, 11) is 0. The third-order valence-electron chi connectivity index (χ3n) is 4.32. The molecule has 2 rings (SSSR count). The lowest BCUT2D eigenvalue weighted by Crippen LogP contribution is -1.99. The Morgan fingerprint density at radius 1 is 0.963 bits per heavy atom. The number of carboxylic acid groups (broad SMARTS) is 1. The van der Waals surface area contributed by atoms with Crippen molar-refractivity contribution in [1.29, 1.82) is 0 Å². The molecule has 0 aliphatic carbocycles. The Hall–Kier alpha value is -2.65. The first-order chi connectivity index (χ1) is 13.1. The number of hydrogen-bond acceptors (Lipinski definition) is 2. The first kappa shape index (κ1) is 20.7. The molecule has 2 aromatic rings. The Labute approximate surface area is 161 Å². The van der Waals surface area contributed by atoms with E-state index in [0.717, 1.165) is 41.5 Å². The molecule has 1 unspecified atom stereocenters. The summed E-state index contributed by atoms with van der Waals surface area (Å²) in [5.74, 6) is -0.764. The number of aliphatic hydroxyl groups excluding tert-OH is 1. The molecule has 0 aliphatic rings. The fourth-order valence-corrected chi connectivity index (χ4v) is 2.79. The van der Waals surface area contributed by atoms with Gasteiger partial charge in [-0.1, -0.05) is 80.1 Å². The maximum atomic E-state index is 10.7. The Morgan fingerprint density at radius 2 is 1.67 bits per heavy atom. The Morgan fingerprint density at radius 3 is 2.37 bits per heavy atom. The van der Waals surface area contributed by atoms with Crippen molar-refractivity contribution in [2.24, 2.45) is 0 Å². The van der Waals surface area contributed by atoms with Gasteiger partial charge >= 0.3 is 5.97 Å². The summed E-state index contributed by atoms with van der Waals surface area (Å²) in [5, 5.41) is 19.3. The van der Waals surface area contributed by atoms with Crippen molar-refractivity contribution >= 4 is 18.1 Å². The van der Waals surface area contributed by atoms with Crippen LogP contribution in [0.5, 0.6) is 0 Å². The van der Waals surface area contributed by atoms with Gasteiger partial charge in [0.15, 0.2) is 0 Å². The Balaban J connectivity index is 2.00. The van der Waals surface area contributed by atoms with Crippen LogP contribution in [0.1, 0.15) is 67.4 Å². The van der Waals surface area contributed by atoms with Crippen LogP contribution in [0.2, 0.25) is 0 Å². The number of aliphatic carboxylic acids is 1. The van der Waals surface area contributed by atoms with Crippen molar-refractivity contribution in [2.75, 3.05) is 0 Å². The highest BCUT2D eigenvalue weighted by atomic mass is 16.4. The molecule has 0 saturated carbocycles. The Bertz CT molecular complexity index is 772. The van der Waals surface area contributed by atoms with Gasteiger partial charge in [0.1, 0.15) is 6.10 Å². The summed E-state index contributed by atoms with van der Waals surface area (Å²) in [5.41, 5.74) is 3.85. The van der Waals surface area contributed by atoms with Gasteiger partial charge in [-0.05, 0) is 47.6 Å². The quantitative estimate of drug-likeness (QED) is 0.520. The van der Waals surface area contributed by atoms with Crippen LogP contribution in [0.25, 0.3) is 12.2 Å². The van der Waals surface area contributed by atoms with Crippen LogP contribution in [-0.2, 0) is 4.79 Å². The van der Waals surface area contributed by atoms with E-state index in [-0.39, 0.29) is 6.42 Å². The van der Waals surface area contributed by atoms with Gasteiger partial charge in [-0.2, -0.15) is 0 Å². The molecule has 0 bridgehead atoms. The lowest BCUT2D eigenvalue weighted by molar-refractivity contribution is -0.137. The largest absolute Gasteiger partial charge is 0.481 e. The van der Waals surface area contributed by atoms with Crippen LogP contribution in [-0.4, -0.2) is 16.2 Å². The molecule has 1 atom stereocenters. The van der Waals surface area contributed by atoms with Gasteiger partial charge in [-0.25, -0.2) is 0 Å².